The van der Waals surface area contributed by atoms with E-state index in [1.54, 1.807) is 4.57 Å². The molecule has 0 amide bonds. The van der Waals surface area contributed by atoms with Crippen LogP contribution < -0.4 is 4.80 Å². The van der Waals surface area contributed by atoms with Gasteiger partial charge in [0.15, 0.2) is 4.80 Å². The summed E-state index contributed by atoms with van der Waals surface area (Å²) in [6.07, 6.45) is 1.99. The molecule has 4 nitrogen and oxygen atoms in total. The second-order valence-corrected chi connectivity index (χ2v) is 6.86. The largest absolute Gasteiger partial charge is 0.493 e. The lowest BCUT2D eigenvalue weighted by Gasteiger charge is -2.01. The number of para-hydroxylation sites is 2. The van der Waals surface area contributed by atoms with Gasteiger partial charge in [-0.05, 0) is 31.2 Å². The zero-order valence-electron chi connectivity index (χ0n) is 14.0. The number of benzene rings is 2. The van der Waals surface area contributed by atoms with Gasteiger partial charge in [-0.2, -0.15) is 0 Å². The first-order valence-corrected chi connectivity index (χ1v) is 8.80. The predicted octanol–water partition coefficient (Wildman–Crippen LogP) is 4.67. The van der Waals surface area contributed by atoms with Crippen molar-refractivity contribution < 1.29 is 5.11 Å². The molecule has 0 radical (unpaired) electrons. The van der Waals surface area contributed by atoms with Crippen LogP contribution in [-0.2, 0) is 7.05 Å². The maximum absolute atomic E-state index is 10.5. The van der Waals surface area contributed by atoms with E-state index in [-0.39, 0.29) is 5.88 Å². The second-order valence-electron chi connectivity index (χ2n) is 5.85. The lowest BCUT2D eigenvalue weighted by molar-refractivity contribution is 0.427. The van der Waals surface area contributed by atoms with Gasteiger partial charge in [-0.3, -0.25) is 9.56 Å². The first-order chi connectivity index (χ1) is 12.1. The van der Waals surface area contributed by atoms with Crippen LogP contribution in [0.2, 0.25) is 0 Å². The summed E-state index contributed by atoms with van der Waals surface area (Å²) in [4.78, 5) is 10.7. The topological polar surface area (TPSA) is 49.9 Å². The highest BCUT2D eigenvalue weighted by Gasteiger charge is 2.18. The number of fused-ring (bicyclic) bond motifs is 1. The molecular weight excluding hydrogens is 330 g/mol. The van der Waals surface area contributed by atoms with Crippen molar-refractivity contribution in [3.63, 3.8) is 0 Å². The molecule has 25 heavy (non-hydrogen) atoms. The van der Waals surface area contributed by atoms with E-state index >= 15 is 0 Å². The number of aromatic nitrogens is 1. The van der Waals surface area contributed by atoms with Crippen molar-refractivity contribution in [3.05, 3.63) is 69.8 Å². The Bertz CT molecular complexity index is 1070. The third-order valence-corrected chi connectivity index (χ3v) is 5.22. The van der Waals surface area contributed by atoms with E-state index in [0.717, 1.165) is 37.9 Å². The highest BCUT2D eigenvalue weighted by atomic mass is 32.1. The molecule has 0 aliphatic carbocycles. The van der Waals surface area contributed by atoms with Gasteiger partial charge >= 0.3 is 0 Å². The summed E-state index contributed by atoms with van der Waals surface area (Å²) in [5.41, 5.74) is 4.93. The van der Waals surface area contributed by atoms with Crippen LogP contribution in [0.15, 0.2) is 64.6 Å². The van der Waals surface area contributed by atoms with Crippen molar-refractivity contribution in [2.24, 2.45) is 17.0 Å². The molecule has 1 N–H and O–H groups in total. The van der Waals surface area contributed by atoms with Crippen molar-refractivity contribution in [2.75, 3.05) is 0 Å². The fourth-order valence-corrected chi connectivity index (χ4v) is 3.80. The monoisotopic (exact) mass is 347 g/mol. The van der Waals surface area contributed by atoms with E-state index in [9.17, 15) is 5.11 Å². The van der Waals surface area contributed by atoms with Crippen LogP contribution in [-0.4, -0.2) is 15.4 Å². The Hall–Kier alpha value is -2.92. The maximum Gasteiger partial charge on any atom is 0.210 e. The van der Waals surface area contributed by atoms with E-state index in [4.69, 9.17) is 0 Å². The SMILES string of the molecule is CC1=Nc2ccccc2/C1=C\c1sc(=Nc2ccccc2)n(C)c1O. The molecule has 2 aromatic carbocycles. The number of aliphatic imine (C=N–C) groups is 1. The fraction of sp³-hybridized carbons (Fsp3) is 0.100. The highest BCUT2D eigenvalue weighted by Crippen LogP contribution is 2.37. The Morgan fingerprint density at radius 3 is 2.60 bits per heavy atom. The summed E-state index contributed by atoms with van der Waals surface area (Å²) in [7, 11) is 1.82. The van der Waals surface area contributed by atoms with Crippen LogP contribution in [0.1, 0.15) is 17.4 Å². The molecule has 0 saturated carbocycles. The van der Waals surface area contributed by atoms with Crippen molar-refractivity contribution in [1.29, 1.82) is 0 Å². The number of nitrogens with zero attached hydrogens (tertiary/aromatic N) is 3. The average molecular weight is 347 g/mol. The number of hydrogen-bond donors (Lipinski definition) is 1. The summed E-state index contributed by atoms with van der Waals surface area (Å²) in [6.45, 7) is 1.99. The summed E-state index contributed by atoms with van der Waals surface area (Å²) < 4.78 is 1.71. The van der Waals surface area contributed by atoms with Gasteiger partial charge in [-0.25, -0.2) is 4.99 Å². The summed E-state index contributed by atoms with van der Waals surface area (Å²) >= 11 is 1.46. The lowest BCUT2D eigenvalue weighted by Crippen LogP contribution is -2.08. The van der Waals surface area contributed by atoms with Gasteiger partial charge in [0.1, 0.15) is 0 Å². The lowest BCUT2D eigenvalue weighted by atomic mass is 10.0. The Morgan fingerprint density at radius 1 is 1.08 bits per heavy atom. The molecule has 0 fully saturated rings. The highest BCUT2D eigenvalue weighted by molar-refractivity contribution is 7.10. The maximum atomic E-state index is 10.5. The van der Waals surface area contributed by atoms with Crippen LogP contribution >= 0.6 is 11.3 Å². The third-order valence-electron chi connectivity index (χ3n) is 4.15. The predicted molar refractivity (Wildman–Crippen MR) is 104 cm³/mol. The third kappa shape index (κ3) is 2.83. The number of aromatic hydroxyl groups is 1. The fourth-order valence-electron chi connectivity index (χ4n) is 2.82. The van der Waals surface area contributed by atoms with Crippen molar-refractivity contribution in [1.82, 2.24) is 4.57 Å². The number of hydrogen-bond acceptors (Lipinski definition) is 4. The minimum Gasteiger partial charge on any atom is -0.493 e. The van der Waals surface area contributed by atoms with Crippen molar-refractivity contribution in [2.45, 2.75) is 6.92 Å². The first kappa shape index (κ1) is 15.6. The zero-order chi connectivity index (χ0) is 17.4. The number of allylic oxidation sites excluding steroid dienone is 1. The van der Waals surface area contributed by atoms with Gasteiger partial charge in [0.25, 0.3) is 0 Å². The molecule has 0 atom stereocenters. The number of thiazole rings is 1. The molecule has 5 heteroatoms. The molecule has 0 saturated heterocycles. The van der Waals surface area contributed by atoms with Gasteiger partial charge < -0.3 is 5.11 Å². The minimum absolute atomic E-state index is 0.212. The Morgan fingerprint density at radius 2 is 1.80 bits per heavy atom. The van der Waals surface area contributed by atoms with Crippen LogP contribution in [0.25, 0.3) is 11.6 Å². The minimum atomic E-state index is 0.212. The van der Waals surface area contributed by atoms with E-state index in [1.165, 1.54) is 11.3 Å². The molecule has 0 unspecified atom stereocenters. The summed E-state index contributed by atoms with van der Waals surface area (Å²) in [6, 6.07) is 17.8. The molecule has 3 aromatic rings. The molecule has 1 aliphatic rings. The summed E-state index contributed by atoms with van der Waals surface area (Å²) in [5.74, 6) is 0.212. The molecule has 0 bridgehead atoms. The second kappa shape index (κ2) is 6.18. The van der Waals surface area contributed by atoms with Gasteiger partial charge in [-0.15, -0.1) is 0 Å². The molecule has 1 aliphatic heterocycles. The Labute approximate surface area is 149 Å². The normalized spacial score (nSPS) is 15.5. The Kier molecular flexibility index (Phi) is 3.86. The number of rotatable bonds is 2. The van der Waals surface area contributed by atoms with Gasteiger partial charge in [0, 0.05) is 23.9 Å². The van der Waals surface area contributed by atoms with Crippen LogP contribution in [0.4, 0.5) is 11.4 Å². The Balaban J connectivity index is 1.82. The standard InChI is InChI=1S/C20H17N3OS/c1-13-16(15-10-6-7-11-17(15)21-13)12-18-19(24)23(2)20(25-18)22-14-8-4-3-5-9-14/h3-12,24H,1-2H3/b16-12-,22-20?. The first-order valence-electron chi connectivity index (χ1n) is 7.99. The van der Waals surface area contributed by atoms with Gasteiger partial charge in [0.05, 0.1) is 16.3 Å². The van der Waals surface area contributed by atoms with E-state index in [1.807, 2.05) is 68.6 Å². The van der Waals surface area contributed by atoms with Gasteiger partial charge in [-0.1, -0.05) is 47.7 Å². The smallest absolute Gasteiger partial charge is 0.210 e. The van der Waals surface area contributed by atoms with Crippen molar-refractivity contribution >= 4 is 40.1 Å². The quantitative estimate of drug-likeness (QED) is 0.719. The van der Waals surface area contributed by atoms with Crippen molar-refractivity contribution in [3.8, 4) is 5.88 Å². The summed E-state index contributed by atoms with van der Waals surface area (Å²) in [5, 5.41) is 10.5. The molecular formula is C20H17N3OS. The zero-order valence-corrected chi connectivity index (χ0v) is 14.8. The van der Waals surface area contributed by atoms with Gasteiger partial charge in [0.2, 0.25) is 5.88 Å². The molecule has 4 rings (SSSR count). The van der Waals surface area contributed by atoms with Crippen LogP contribution in [0.3, 0.4) is 0 Å². The van der Waals surface area contributed by atoms with E-state index in [0.29, 0.717) is 0 Å². The van der Waals surface area contributed by atoms with Crippen LogP contribution in [0, 0.1) is 0 Å². The average Bonchev–Trinajstić information content (AvgIpc) is 3.08. The molecule has 124 valence electrons. The molecule has 2 heterocycles. The van der Waals surface area contributed by atoms with E-state index in [2.05, 4.69) is 16.1 Å². The van der Waals surface area contributed by atoms with E-state index < -0.39 is 0 Å². The van der Waals surface area contributed by atoms with Crippen LogP contribution in [0.5, 0.6) is 5.88 Å². The molecule has 0 spiro atoms. The molecule has 1 aromatic heterocycles.